The lowest BCUT2D eigenvalue weighted by Gasteiger charge is -2.05. The molecule has 1 aromatic heterocycles. The number of benzene rings is 1. The summed E-state index contributed by atoms with van der Waals surface area (Å²) in [6.45, 7) is 0. The number of nitrogens with one attached hydrogen (secondary N) is 3. The minimum atomic E-state index is -0.527. The maximum atomic E-state index is 12.7. The average molecular weight is 288 g/mol. The highest BCUT2D eigenvalue weighted by atomic mass is 19.1. The second-order valence-electron chi connectivity index (χ2n) is 4.90. The van der Waals surface area contributed by atoms with E-state index in [2.05, 4.69) is 21.0 Å². The van der Waals surface area contributed by atoms with Gasteiger partial charge >= 0.3 is 0 Å². The van der Waals surface area contributed by atoms with Crippen molar-refractivity contribution >= 4 is 11.8 Å². The molecule has 2 amide bonds. The Morgan fingerprint density at radius 3 is 2.48 bits per heavy atom. The maximum absolute atomic E-state index is 12.7. The molecule has 1 heterocycles. The average Bonchev–Trinajstić information content (AvgIpc) is 3.22. The van der Waals surface area contributed by atoms with E-state index in [4.69, 9.17) is 0 Å². The Labute approximate surface area is 119 Å². The molecule has 0 atom stereocenters. The molecule has 0 bridgehead atoms. The number of aromatic amines is 1. The molecule has 3 N–H and O–H groups in total. The molecule has 0 aliphatic heterocycles. The van der Waals surface area contributed by atoms with Crippen LogP contribution in [0.2, 0.25) is 0 Å². The Kier molecular flexibility index (Phi) is 3.39. The summed E-state index contributed by atoms with van der Waals surface area (Å²) in [7, 11) is 0. The first-order valence-electron chi connectivity index (χ1n) is 6.55. The van der Waals surface area contributed by atoms with Crippen molar-refractivity contribution < 1.29 is 14.0 Å². The third-order valence-corrected chi connectivity index (χ3v) is 3.24. The molecule has 3 rings (SSSR count). The molecule has 1 saturated carbocycles. The number of amides is 2. The zero-order chi connectivity index (χ0) is 14.8. The number of rotatable bonds is 3. The van der Waals surface area contributed by atoms with Crippen LogP contribution >= 0.6 is 0 Å². The van der Waals surface area contributed by atoms with E-state index in [1.807, 2.05) is 0 Å². The van der Waals surface area contributed by atoms with E-state index < -0.39 is 17.6 Å². The van der Waals surface area contributed by atoms with Crippen molar-refractivity contribution in [2.75, 3.05) is 0 Å². The van der Waals surface area contributed by atoms with E-state index in [1.165, 1.54) is 24.3 Å². The second-order valence-corrected chi connectivity index (χ2v) is 4.90. The number of carbonyl (C=O) groups excluding carboxylic acids is 2. The fourth-order valence-electron chi connectivity index (χ4n) is 1.91. The van der Waals surface area contributed by atoms with Gasteiger partial charge in [-0.1, -0.05) is 0 Å². The van der Waals surface area contributed by atoms with E-state index in [-0.39, 0.29) is 11.3 Å². The highest BCUT2D eigenvalue weighted by Gasteiger charge is 2.26. The summed E-state index contributed by atoms with van der Waals surface area (Å²) in [6.07, 6.45) is 2.20. The number of halogens is 1. The van der Waals surface area contributed by atoms with Gasteiger partial charge in [-0.15, -0.1) is 0 Å². The van der Waals surface area contributed by atoms with Gasteiger partial charge in [-0.2, -0.15) is 5.10 Å². The van der Waals surface area contributed by atoms with E-state index in [9.17, 15) is 14.0 Å². The second kappa shape index (κ2) is 5.35. The van der Waals surface area contributed by atoms with Crippen LogP contribution in [0.25, 0.3) is 0 Å². The molecule has 0 spiro atoms. The monoisotopic (exact) mass is 288 g/mol. The molecular weight excluding hydrogens is 275 g/mol. The van der Waals surface area contributed by atoms with E-state index >= 15 is 0 Å². The van der Waals surface area contributed by atoms with Gasteiger partial charge in [0.1, 0.15) is 5.82 Å². The van der Waals surface area contributed by atoms with E-state index in [0.29, 0.717) is 5.92 Å². The third kappa shape index (κ3) is 3.07. The minimum Gasteiger partial charge on any atom is -0.281 e. The SMILES string of the molecule is O=C(NNC(=O)c1cc(C2CC2)[nH]n1)c1ccc(F)cc1. The zero-order valence-corrected chi connectivity index (χ0v) is 11.0. The molecule has 0 unspecified atom stereocenters. The summed E-state index contributed by atoms with van der Waals surface area (Å²) in [5.41, 5.74) is 5.93. The standard InChI is InChI=1S/C14H13FN4O2/c15-10-5-3-9(4-6-10)13(20)18-19-14(21)12-7-11(16-17-12)8-1-2-8/h3-8H,1-2H2,(H,16,17)(H,18,20)(H,19,21). The van der Waals surface area contributed by atoms with Crippen molar-refractivity contribution in [3.63, 3.8) is 0 Å². The van der Waals surface area contributed by atoms with Crippen molar-refractivity contribution in [1.82, 2.24) is 21.0 Å². The van der Waals surface area contributed by atoms with Gasteiger partial charge in [0.2, 0.25) is 0 Å². The van der Waals surface area contributed by atoms with Crippen LogP contribution in [0.5, 0.6) is 0 Å². The number of H-pyrrole nitrogens is 1. The van der Waals surface area contributed by atoms with Gasteiger partial charge in [0.15, 0.2) is 5.69 Å². The van der Waals surface area contributed by atoms with Crippen molar-refractivity contribution in [1.29, 1.82) is 0 Å². The Balaban J connectivity index is 1.57. The lowest BCUT2D eigenvalue weighted by atomic mass is 10.2. The summed E-state index contributed by atoms with van der Waals surface area (Å²) in [5, 5.41) is 6.71. The largest absolute Gasteiger partial charge is 0.290 e. The van der Waals surface area contributed by atoms with Crippen molar-refractivity contribution in [3.8, 4) is 0 Å². The van der Waals surface area contributed by atoms with Crippen LogP contribution in [-0.2, 0) is 0 Å². The maximum Gasteiger partial charge on any atom is 0.290 e. The smallest absolute Gasteiger partial charge is 0.281 e. The molecule has 1 aliphatic carbocycles. The molecule has 21 heavy (non-hydrogen) atoms. The van der Waals surface area contributed by atoms with E-state index in [0.717, 1.165) is 18.5 Å². The van der Waals surface area contributed by atoms with Crippen LogP contribution in [-0.4, -0.2) is 22.0 Å². The molecule has 0 saturated heterocycles. The first-order valence-corrected chi connectivity index (χ1v) is 6.55. The highest BCUT2D eigenvalue weighted by molar-refractivity contribution is 5.98. The quantitative estimate of drug-likeness (QED) is 0.748. The summed E-state index contributed by atoms with van der Waals surface area (Å²) in [4.78, 5) is 23.6. The summed E-state index contributed by atoms with van der Waals surface area (Å²) < 4.78 is 12.7. The molecule has 0 radical (unpaired) electrons. The number of hydrazine groups is 1. The number of hydrogen-bond acceptors (Lipinski definition) is 3. The Bertz CT molecular complexity index is 677. The lowest BCUT2D eigenvalue weighted by Crippen LogP contribution is -2.41. The fourth-order valence-corrected chi connectivity index (χ4v) is 1.91. The van der Waals surface area contributed by atoms with Gasteiger partial charge in [0.25, 0.3) is 11.8 Å². The van der Waals surface area contributed by atoms with Crippen LogP contribution in [0.15, 0.2) is 30.3 Å². The predicted octanol–water partition coefficient (Wildman–Crippen LogP) is 1.50. The summed E-state index contributed by atoms with van der Waals surface area (Å²) in [5.74, 6) is -0.998. The number of nitrogens with zero attached hydrogens (tertiary/aromatic N) is 1. The first kappa shape index (κ1) is 13.3. The van der Waals surface area contributed by atoms with Crippen LogP contribution in [0.4, 0.5) is 4.39 Å². The third-order valence-electron chi connectivity index (χ3n) is 3.24. The normalized spacial score (nSPS) is 13.8. The molecular formula is C14H13FN4O2. The number of aromatic nitrogens is 2. The Morgan fingerprint density at radius 2 is 1.81 bits per heavy atom. The molecule has 1 aliphatic rings. The molecule has 108 valence electrons. The van der Waals surface area contributed by atoms with Crippen LogP contribution < -0.4 is 10.9 Å². The number of carbonyl (C=O) groups is 2. The molecule has 7 heteroatoms. The highest BCUT2D eigenvalue weighted by Crippen LogP contribution is 2.38. The topological polar surface area (TPSA) is 86.9 Å². The van der Waals surface area contributed by atoms with Gasteiger partial charge in [-0.25, -0.2) is 4.39 Å². The molecule has 6 nitrogen and oxygen atoms in total. The molecule has 1 fully saturated rings. The molecule has 2 aromatic rings. The summed E-state index contributed by atoms with van der Waals surface area (Å²) >= 11 is 0. The van der Waals surface area contributed by atoms with Crippen LogP contribution in [0.3, 0.4) is 0 Å². The molecule has 1 aromatic carbocycles. The van der Waals surface area contributed by atoms with Gasteiger partial charge in [0, 0.05) is 17.2 Å². The Morgan fingerprint density at radius 1 is 1.14 bits per heavy atom. The first-order chi connectivity index (χ1) is 10.1. The Hall–Kier alpha value is -2.70. The fraction of sp³-hybridized carbons (Fsp3) is 0.214. The number of hydrogen-bond donors (Lipinski definition) is 3. The van der Waals surface area contributed by atoms with Gasteiger partial charge in [0.05, 0.1) is 0 Å². The van der Waals surface area contributed by atoms with Crippen molar-refractivity contribution in [2.24, 2.45) is 0 Å². The van der Waals surface area contributed by atoms with E-state index in [1.54, 1.807) is 6.07 Å². The van der Waals surface area contributed by atoms with Crippen molar-refractivity contribution in [2.45, 2.75) is 18.8 Å². The summed E-state index contributed by atoms with van der Waals surface area (Å²) in [6, 6.07) is 6.68. The lowest BCUT2D eigenvalue weighted by molar-refractivity contribution is 0.0844. The minimum absolute atomic E-state index is 0.219. The van der Waals surface area contributed by atoms with Gasteiger partial charge < -0.3 is 0 Å². The van der Waals surface area contributed by atoms with Crippen molar-refractivity contribution in [3.05, 3.63) is 53.1 Å². The van der Waals surface area contributed by atoms with Gasteiger partial charge in [-0.05, 0) is 43.2 Å². The van der Waals surface area contributed by atoms with Crippen LogP contribution in [0, 0.1) is 5.82 Å². The van der Waals surface area contributed by atoms with Gasteiger partial charge in [-0.3, -0.25) is 25.5 Å². The predicted molar refractivity (Wildman–Crippen MR) is 71.9 cm³/mol. The van der Waals surface area contributed by atoms with Crippen LogP contribution in [0.1, 0.15) is 45.3 Å². The zero-order valence-electron chi connectivity index (χ0n) is 11.0.